The second-order valence-corrected chi connectivity index (χ2v) is 5.82. The van der Waals surface area contributed by atoms with Crippen LogP contribution in [0.25, 0.3) is 0 Å². The van der Waals surface area contributed by atoms with E-state index in [0.29, 0.717) is 6.42 Å². The average Bonchev–Trinajstić information content (AvgIpc) is 2.60. The quantitative estimate of drug-likeness (QED) is 0.146. The number of allylic oxidation sites excluding steroid dienone is 11. The van der Waals surface area contributed by atoms with Gasteiger partial charge in [-0.1, -0.05) is 95.5 Å². The van der Waals surface area contributed by atoms with Gasteiger partial charge in [0.15, 0.2) is 0 Å². The smallest absolute Gasteiger partial charge is 0.309 e. The molecule has 0 aliphatic rings. The van der Waals surface area contributed by atoms with Crippen molar-refractivity contribution >= 4 is 28.6 Å². The molecule has 0 atom stereocenters. The van der Waals surface area contributed by atoms with E-state index >= 15 is 0 Å². The van der Waals surface area contributed by atoms with Crippen LogP contribution in [0.15, 0.2) is 72.9 Å². The van der Waals surface area contributed by atoms with E-state index in [4.69, 9.17) is 0 Å². The van der Waals surface area contributed by atoms with Crippen molar-refractivity contribution in [1.29, 1.82) is 0 Å². The summed E-state index contributed by atoms with van der Waals surface area (Å²) in [6.07, 6.45) is 30.7. The first-order valence-corrected chi connectivity index (χ1v) is 9.86. The molecule has 132 valence electrons. The van der Waals surface area contributed by atoms with Crippen molar-refractivity contribution in [2.45, 2.75) is 38.5 Å². The lowest BCUT2D eigenvalue weighted by molar-refractivity contribution is -0.139. The van der Waals surface area contributed by atoms with Crippen LogP contribution in [0.3, 0.4) is 0 Å². The van der Waals surface area contributed by atoms with Crippen LogP contribution in [0, 0.1) is 0 Å². The molecule has 0 fully saturated rings. The summed E-state index contributed by atoms with van der Waals surface area (Å²) in [6.45, 7) is 0. The fourth-order valence-corrected chi connectivity index (χ4v) is 2.04. The minimum atomic E-state index is -0.199. The van der Waals surface area contributed by atoms with E-state index < -0.39 is 0 Å². The minimum absolute atomic E-state index is 0.199. The fraction of sp³-hybridized carbons (Fsp3) is 0.381. The van der Waals surface area contributed by atoms with Gasteiger partial charge in [-0.15, -0.1) is 0 Å². The lowest BCUT2D eigenvalue weighted by Crippen LogP contribution is -1.96. The third-order valence-electron chi connectivity index (χ3n) is 2.96. The average molecular weight is 440 g/mol. The lowest BCUT2D eigenvalue weighted by atomic mass is 10.2. The van der Waals surface area contributed by atoms with E-state index in [1.807, 2.05) is 12.2 Å². The van der Waals surface area contributed by atoms with E-state index in [1.54, 1.807) is 0 Å². The molecule has 0 aromatic carbocycles. The van der Waals surface area contributed by atoms with Crippen LogP contribution >= 0.6 is 22.6 Å². The van der Waals surface area contributed by atoms with E-state index in [2.05, 4.69) is 88.1 Å². The predicted molar refractivity (Wildman–Crippen MR) is 113 cm³/mol. The molecule has 2 nitrogen and oxygen atoms in total. The lowest BCUT2D eigenvalue weighted by Gasteiger charge is -1.90. The number of rotatable bonds is 13. The van der Waals surface area contributed by atoms with Crippen molar-refractivity contribution in [3.63, 3.8) is 0 Å². The molecule has 24 heavy (non-hydrogen) atoms. The summed E-state index contributed by atoms with van der Waals surface area (Å²) >= 11 is 2.34. The molecular weight excluding hydrogens is 411 g/mol. The molecule has 0 aromatic heterocycles. The zero-order valence-corrected chi connectivity index (χ0v) is 16.7. The Morgan fingerprint density at radius 1 is 0.667 bits per heavy atom. The van der Waals surface area contributed by atoms with Gasteiger partial charge in [-0.3, -0.25) is 4.79 Å². The summed E-state index contributed by atoms with van der Waals surface area (Å²) in [7, 11) is 1.40. The van der Waals surface area contributed by atoms with Crippen LogP contribution in [0.5, 0.6) is 0 Å². The van der Waals surface area contributed by atoms with Gasteiger partial charge in [0.2, 0.25) is 0 Å². The molecule has 0 unspecified atom stereocenters. The van der Waals surface area contributed by atoms with Crippen molar-refractivity contribution in [3.05, 3.63) is 72.9 Å². The molecule has 0 aromatic rings. The first kappa shape index (κ1) is 22.6. The van der Waals surface area contributed by atoms with Gasteiger partial charge in [0, 0.05) is 4.43 Å². The highest BCUT2D eigenvalue weighted by molar-refractivity contribution is 14.1. The second-order valence-electron chi connectivity index (χ2n) is 4.94. The maximum absolute atomic E-state index is 10.9. The molecule has 0 bridgehead atoms. The van der Waals surface area contributed by atoms with Gasteiger partial charge >= 0.3 is 5.97 Å². The largest absolute Gasteiger partial charge is 0.469 e. The summed E-state index contributed by atoms with van der Waals surface area (Å²) in [5.41, 5.74) is 0. The molecule has 3 heteroatoms. The van der Waals surface area contributed by atoms with Crippen LogP contribution in [0.1, 0.15) is 38.5 Å². The Balaban J connectivity index is 3.54. The molecule has 0 N–H and O–H groups in total. The van der Waals surface area contributed by atoms with Crippen molar-refractivity contribution in [2.24, 2.45) is 0 Å². The maximum atomic E-state index is 10.9. The number of ether oxygens (including phenoxy) is 1. The number of alkyl halides is 1. The number of esters is 1. The molecule has 0 saturated carbocycles. The Kier molecular flexibility index (Phi) is 18.6. The Bertz CT molecular complexity index is 468. The van der Waals surface area contributed by atoms with Crippen LogP contribution in [-0.4, -0.2) is 17.5 Å². The SMILES string of the molecule is COC(=O)C/C=C\C/C=C\C/C=C\C/C=C\C/C=C\C/C=C\CI. The first-order chi connectivity index (χ1) is 11.8. The Morgan fingerprint density at radius 2 is 1.00 bits per heavy atom. The highest BCUT2D eigenvalue weighted by Gasteiger charge is 1.92. The standard InChI is InChI=1S/C21H29IO2/c1-24-21(23)19-17-15-13-11-9-7-5-3-2-4-6-8-10-12-14-16-18-20-22/h3-6,9-12,15-18H,2,7-8,13-14,19-20H2,1H3/b5-3-,6-4-,11-9-,12-10-,17-15-,18-16-. The van der Waals surface area contributed by atoms with Gasteiger partial charge in [0.05, 0.1) is 13.5 Å². The third kappa shape index (κ3) is 18.7. The predicted octanol–water partition coefficient (Wildman–Crippen LogP) is 6.27. The van der Waals surface area contributed by atoms with Crippen LogP contribution in [0.2, 0.25) is 0 Å². The molecule has 0 spiro atoms. The number of carbonyl (C=O) groups excluding carboxylic acids is 1. The van der Waals surface area contributed by atoms with Crippen molar-refractivity contribution in [2.75, 3.05) is 11.5 Å². The van der Waals surface area contributed by atoms with Gasteiger partial charge < -0.3 is 4.74 Å². The van der Waals surface area contributed by atoms with Crippen LogP contribution in [0.4, 0.5) is 0 Å². The van der Waals surface area contributed by atoms with Gasteiger partial charge in [-0.2, -0.15) is 0 Å². The Morgan fingerprint density at radius 3 is 1.33 bits per heavy atom. The molecule has 0 heterocycles. The minimum Gasteiger partial charge on any atom is -0.469 e. The molecule has 0 aliphatic carbocycles. The number of carbonyl (C=O) groups is 1. The Labute approximate surface area is 160 Å². The fourth-order valence-electron chi connectivity index (χ4n) is 1.68. The second kappa shape index (κ2) is 19.7. The summed E-state index contributed by atoms with van der Waals surface area (Å²) in [6, 6.07) is 0. The molecule has 0 radical (unpaired) electrons. The zero-order valence-electron chi connectivity index (χ0n) is 14.6. The van der Waals surface area contributed by atoms with Gasteiger partial charge in [0.1, 0.15) is 0 Å². The first-order valence-electron chi connectivity index (χ1n) is 8.34. The molecule has 0 saturated heterocycles. The summed E-state index contributed by atoms with van der Waals surface area (Å²) in [5, 5.41) is 0. The number of halogens is 1. The van der Waals surface area contributed by atoms with Crippen molar-refractivity contribution in [1.82, 2.24) is 0 Å². The van der Waals surface area contributed by atoms with E-state index in [1.165, 1.54) is 7.11 Å². The number of hydrogen-bond acceptors (Lipinski definition) is 2. The van der Waals surface area contributed by atoms with Crippen molar-refractivity contribution < 1.29 is 9.53 Å². The highest BCUT2D eigenvalue weighted by atomic mass is 127. The third-order valence-corrected chi connectivity index (χ3v) is 3.47. The van der Waals surface area contributed by atoms with E-state index in [-0.39, 0.29) is 5.97 Å². The van der Waals surface area contributed by atoms with Gasteiger partial charge in [-0.25, -0.2) is 0 Å². The monoisotopic (exact) mass is 440 g/mol. The summed E-state index contributed by atoms with van der Waals surface area (Å²) in [5.74, 6) is -0.199. The molecular formula is C21H29IO2. The van der Waals surface area contributed by atoms with Crippen LogP contribution in [-0.2, 0) is 9.53 Å². The number of hydrogen-bond donors (Lipinski definition) is 0. The normalized spacial score (nSPS) is 12.9. The summed E-state index contributed by atoms with van der Waals surface area (Å²) in [4.78, 5) is 10.9. The van der Waals surface area contributed by atoms with Gasteiger partial charge in [0.25, 0.3) is 0 Å². The zero-order chi connectivity index (χ0) is 17.7. The Hall–Kier alpha value is -1.36. The number of methoxy groups -OCH3 is 1. The molecule has 0 rings (SSSR count). The van der Waals surface area contributed by atoms with E-state index in [0.717, 1.165) is 36.5 Å². The summed E-state index contributed by atoms with van der Waals surface area (Å²) < 4.78 is 5.64. The van der Waals surface area contributed by atoms with Crippen molar-refractivity contribution in [3.8, 4) is 0 Å². The molecule has 0 amide bonds. The topological polar surface area (TPSA) is 26.3 Å². The highest BCUT2D eigenvalue weighted by Crippen LogP contribution is 1.97. The van der Waals surface area contributed by atoms with Crippen LogP contribution < -0.4 is 0 Å². The maximum Gasteiger partial charge on any atom is 0.309 e. The molecule has 0 aliphatic heterocycles. The van der Waals surface area contributed by atoms with E-state index in [9.17, 15) is 4.79 Å². The van der Waals surface area contributed by atoms with Gasteiger partial charge in [-0.05, 0) is 32.1 Å².